The first-order valence-corrected chi connectivity index (χ1v) is 7.39. The van der Waals surface area contributed by atoms with Crippen molar-refractivity contribution < 1.29 is 4.52 Å². The summed E-state index contributed by atoms with van der Waals surface area (Å²) in [5, 5.41) is 7.55. The van der Waals surface area contributed by atoms with Crippen molar-refractivity contribution in [1.82, 2.24) is 15.4 Å². The van der Waals surface area contributed by atoms with Crippen LogP contribution in [0.15, 0.2) is 10.6 Å². The Morgan fingerprint density at radius 1 is 1.25 bits per heavy atom. The minimum atomic E-state index is 0.0939. The van der Waals surface area contributed by atoms with Crippen molar-refractivity contribution in [1.29, 1.82) is 0 Å². The molecule has 0 radical (unpaired) electrons. The Bertz CT molecular complexity index is 412. The molecule has 0 amide bonds. The molecular formula is C16H31N3O. The van der Waals surface area contributed by atoms with Crippen LogP contribution in [0.25, 0.3) is 0 Å². The smallest absolute Gasteiger partial charge is 0.151 e. The molecule has 1 atom stereocenters. The van der Waals surface area contributed by atoms with Gasteiger partial charge < -0.3 is 9.84 Å². The number of hydrogen-bond acceptors (Lipinski definition) is 4. The lowest BCUT2D eigenvalue weighted by Crippen LogP contribution is -2.38. The zero-order valence-corrected chi connectivity index (χ0v) is 14.4. The van der Waals surface area contributed by atoms with E-state index in [1.54, 1.807) is 0 Å². The first-order chi connectivity index (χ1) is 8.99. The van der Waals surface area contributed by atoms with Gasteiger partial charge in [0.15, 0.2) is 5.76 Å². The average molecular weight is 281 g/mol. The van der Waals surface area contributed by atoms with Crippen molar-refractivity contribution in [3.05, 3.63) is 17.5 Å². The van der Waals surface area contributed by atoms with Crippen LogP contribution in [0.4, 0.5) is 0 Å². The molecule has 1 aromatic rings. The molecule has 20 heavy (non-hydrogen) atoms. The van der Waals surface area contributed by atoms with Crippen LogP contribution in [-0.2, 0) is 13.1 Å². The van der Waals surface area contributed by atoms with Crippen molar-refractivity contribution in [3.63, 3.8) is 0 Å². The number of hydrogen-bond donors (Lipinski definition) is 1. The average Bonchev–Trinajstić information content (AvgIpc) is 2.71. The van der Waals surface area contributed by atoms with E-state index in [1.165, 1.54) is 0 Å². The molecule has 0 aliphatic carbocycles. The van der Waals surface area contributed by atoms with E-state index in [0.717, 1.165) is 24.5 Å². The molecule has 1 rings (SSSR count). The van der Waals surface area contributed by atoms with Gasteiger partial charge in [-0.1, -0.05) is 25.9 Å². The molecule has 1 heterocycles. The summed E-state index contributed by atoms with van der Waals surface area (Å²) in [4.78, 5) is 2.31. The van der Waals surface area contributed by atoms with Gasteiger partial charge in [-0.25, -0.2) is 0 Å². The maximum atomic E-state index is 5.43. The van der Waals surface area contributed by atoms with Crippen LogP contribution in [0.3, 0.4) is 0 Å². The Hall–Kier alpha value is -0.870. The van der Waals surface area contributed by atoms with E-state index in [2.05, 4.69) is 70.9 Å². The Labute approximate surface area is 123 Å². The normalized spacial score (nSPS) is 14.8. The lowest BCUT2D eigenvalue weighted by molar-refractivity contribution is 0.124. The fraction of sp³-hybridized carbons (Fsp3) is 0.812. The molecule has 116 valence electrons. The fourth-order valence-corrected chi connectivity index (χ4v) is 1.91. The molecule has 1 N–H and O–H groups in total. The number of nitrogens with one attached hydrogen (secondary N) is 1. The number of rotatable bonds is 5. The fourth-order valence-electron chi connectivity index (χ4n) is 1.91. The Morgan fingerprint density at radius 3 is 2.35 bits per heavy atom. The van der Waals surface area contributed by atoms with Crippen LogP contribution >= 0.6 is 0 Å². The van der Waals surface area contributed by atoms with Crippen LogP contribution in [0, 0.1) is 5.41 Å². The summed E-state index contributed by atoms with van der Waals surface area (Å²) in [5.74, 6) is 0.925. The Balaban J connectivity index is 2.56. The summed E-state index contributed by atoms with van der Waals surface area (Å²) < 4.78 is 5.43. The molecule has 0 aliphatic heterocycles. The SMILES string of the molecule is CC(N(C)Cc1cc(CNC(C)(C)C)no1)C(C)(C)C. The molecule has 1 unspecified atom stereocenters. The molecule has 0 saturated carbocycles. The molecule has 1 aromatic heterocycles. The van der Waals surface area contributed by atoms with Crippen LogP contribution in [0.5, 0.6) is 0 Å². The summed E-state index contributed by atoms with van der Waals surface area (Å²) in [6.45, 7) is 17.0. The highest BCUT2D eigenvalue weighted by atomic mass is 16.5. The van der Waals surface area contributed by atoms with Crippen LogP contribution in [0.2, 0.25) is 0 Å². The van der Waals surface area contributed by atoms with Gasteiger partial charge in [0.05, 0.1) is 12.2 Å². The van der Waals surface area contributed by atoms with Crippen molar-refractivity contribution in [3.8, 4) is 0 Å². The third-order valence-electron chi connectivity index (χ3n) is 3.73. The van der Waals surface area contributed by atoms with Crippen molar-refractivity contribution in [2.75, 3.05) is 7.05 Å². The summed E-state index contributed by atoms with van der Waals surface area (Å²) in [7, 11) is 2.13. The molecular weight excluding hydrogens is 250 g/mol. The molecule has 0 aromatic carbocycles. The highest BCUT2D eigenvalue weighted by molar-refractivity contribution is 5.05. The Kier molecular flexibility index (Phi) is 5.39. The zero-order valence-electron chi connectivity index (χ0n) is 14.4. The minimum absolute atomic E-state index is 0.0939. The predicted molar refractivity (Wildman–Crippen MR) is 83.5 cm³/mol. The van der Waals surface area contributed by atoms with Gasteiger partial charge in [-0.05, 0) is 40.2 Å². The zero-order chi connectivity index (χ0) is 15.6. The minimum Gasteiger partial charge on any atom is -0.360 e. The van der Waals surface area contributed by atoms with E-state index in [0.29, 0.717) is 6.04 Å². The molecule has 0 fully saturated rings. The monoisotopic (exact) mass is 281 g/mol. The van der Waals surface area contributed by atoms with E-state index in [-0.39, 0.29) is 11.0 Å². The summed E-state index contributed by atoms with van der Waals surface area (Å²) in [6.07, 6.45) is 0. The molecule has 0 saturated heterocycles. The maximum Gasteiger partial charge on any atom is 0.151 e. The molecule has 0 aliphatic rings. The number of nitrogens with zero attached hydrogens (tertiary/aromatic N) is 2. The molecule has 0 bridgehead atoms. The van der Waals surface area contributed by atoms with E-state index in [4.69, 9.17) is 4.52 Å². The van der Waals surface area contributed by atoms with Gasteiger partial charge in [0.25, 0.3) is 0 Å². The highest BCUT2D eigenvalue weighted by Crippen LogP contribution is 2.24. The second-order valence-corrected chi connectivity index (χ2v) is 7.85. The van der Waals surface area contributed by atoms with E-state index < -0.39 is 0 Å². The standard InChI is InChI=1S/C16H31N3O/c1-12(15(2,3)4)19(8)11-14-9-13(18-20-14)10-17-16(5,6)7/h9,12,17H,10-11H2,1-8H3. The van der Waals surface area contributed by atoms with E-state index in [9.17, 15) is 0 Å². The van der Waals surface area contributed by atoms with Crippen molar-refractivity contribution >= 4 is 0 Å². The maximum absolute atomic E-state index is 5.43. The summed E-state index contributed by atoms with van der Waals surface area (Å²) >= 11 is 0. The van der Waals surface area contributed by atoms with Gasteiger partial charge in [-0.3, -0.25) is 4.90 Å². The lowest BCUT2D eigenvalue weighted by atomic mass is 9.87. The predicted octanol–water partition coefficient (Wildman–Crippen LogP) is 3.43. The van der Waals surface area contributed by atoms with E-state index >= 15 is 0 Å². The van der Waals surface area contributed by atoms with Gasteiger partial charge in [0.1, 0.15) is 0 Å². The number of aromatic nitrogens is 1. The topological polar surface area (TPSA) is 41.3 Å². The van der Waals surface area contributed by atoms with Crippen LogP contribution in [-0.4, -0.2) is 28.7 Å². The first-order valence-electron chi connectivity index (χ1n) is 7.39. The third-order valence-corrected chi connectivity index (χ3v) is 3.73. The van der Waals surface area contributed by atoms with Gasteiger partial charge in [0.2, 0.25) is 0 Å². The van der Waals surface area contributed by atoms with Crippen LogP contribution in [0.1, 0.15) is 59.9 Å². The first kappa shape index (κ1) is 17.2. The second kappa shape index (κ2) is 6.27. The highest BCUT2D eigenvalue weighted by Gasteiger charge is 2.24. The largest absolute Gasteiger partial charge is 0.360 e. The van der Waals surface area contributed by atoms with Gasteiger partial charge in [-0.15, -0.1) is 0 Å². The Morgan fingerprint density at radius 2 is 1.85 bits per heavy atom. The van der Waals surface area contributed by atoms with Gasteiger partial charge in [-0.2, -0.15) is 0 Å². The summed E-state index contributed by atoms with van der Waals surface area (Å²) in [5.41, 5.74) is 1.31. The van der Waals surface area contributed by atoms with Gasteiger partial charge in [0, 0.05) is 24.2 Å². The second-order valence-electron chi connectivity index (χ2n) is 7.85. The van der Waals surface area contributed by atoms with Crippen molar-refractivity contribution in [2.45, 2.75) is 73.1 Å². The molecule has 0 spiro atoms. The third kappa shape index (κ3) is 5.63. The quantitative estimate of drug-likeness (QED) is 0.898. The van der Waals surface area contributed by atoms with E-state index in [1.807, 2.05) is 6.07 Å². The molecule has 4 heteroatoms. The van der Waals surface area contributed by atoms with Crippen LogP contribution < -0.4 is 5.32 Å². The summed E-state index contributed by atoms with van der Waals surface area (Å²) in [6, 6.07) is 2.52. The lowest BCUT2D eigenvalue weighted by Gasteiger charge is -2.34. The molecule has 4 nitrogen and oxygen atoms in total. The van der Waals surface area contributed by atoms with Crippen molar-refractivity contribution in [2.24, 2.45) is 5.41 Å². The van der Waals surface area contributed by atoms with Gasteiger partial charge >= 0.3 is 0 Å².